The van der Waals surface area contributed by atoms with Crippen LogP contribution in [0.2, 0.25) is 0 Å². The van der Waals surface area contributed by atoms with Crippen molar-refractivity contribution >= 4 is 5.91 Å². The number of hydrogen-bond donors (Lipinski definition) is 2. The quantitative estimate of drug-likeness (QED) is 0.276. The summed E-state index contributed by atoms with van der Waals surface area (Å²) in [6.07, 6.45) is 1.16. The Kier molecular flexibility index (Phi) is 8.92. The fraction of sp³-hybridized carbons (Fsp3) is 0.786. The van der Waals surface area contributed by atoms with Crippen LogP contribution in [0.25, 0.3) is 0 Å². The first-order valence-electron chi connectivity index (χ1n) is 7.14. The zero-order valence-electron chi connectivity index (χ0n) is 13.3. The lowest BCUT2D eigenvalue weighted by Crippen LogP contribution is -2.28. The van der Waals surface area contributed by atoms with Gasteiger partial charge in [0.05, 0.1) is 18.7 Å². The van der Waals surface area contributed by atoms with E-state index >= 15 is 0 Å². The van der Waals surface area contributed by atoms with Gasteiger partial charge in [0, 0.05) is 13.0 Å². The predicted octanol–water partition coefficient (Wildman–Crippen LogP) is 2.19. The molecule has 0 bridgehead atoms. The molecule has 0 aliphatic rings. The molecule has 1 amide bonds. The summed E-state index contributed by atoms with van der Waals surface area (Å²) in [5.74, 6) is -0.151. The minimum atomic E-state index is -1.16. The SMILES string of the molecule is CCNC(=O)CCC(C)(C#N)N=NC(C)(C#N)CCCOO. The van der Waals surface area contributed by atoms with Gasteiger partial charge in [-0.1, -0.05) is 0 Å². The molecule has 0 rings (SSSR count). The van der Waals surface area contributed by atoms with Crippen LogP contribution in [0, 0.1) is 22.7 Å². The van der Waals surface area contributed by atoms with E-state index in [4.69, 9.17) is 5.26 Å². The number of nitriles is 2. The molecule has 0 saturated heterocycles. The molecule has 22 heavy (non-hydrogen) atoms. The highest BCUT2D eigenvalue weighted by molar-refractivity contribution is 5.75. The topological polar surface area (TPSA) is 131 Å². The Hall–Kier alpha value is -2.03. The molecule has 8 heteroatoms. The second-order valence-electron chi connectivity index (χ2n) is 5.36. The van der Waals surface area contributed by atoms with Gasteiger partial charge in [-0.05, 0) is 40.0 Å². The second-order valence-corrected chi connectivity index (χ2v) is 5.36. The van der Waals surface area contributed by atoms with Gasteiger partial charge in [-0.3, -0.25) is 10.1 Å². The van der Waals surface area contributed by atoms with Crippen LogP contribution in [0.1, 0.15) is 46.5 Å². The van der Waals surface area contributed by atoms with Crippen LogP contribution < -0.4 is 5.32 Å². The number of azo groups is 1. The van der Waals surface area contributed by atoms with Gasteiger partial charge in [0.2, 0.25) is 5.91 Å². The molecule has 0 aromatic carbocycles. The molecule has 2 N–H and O–H groups in total. The zero-order valence-corrected chi connectivity index (χ0v) is 13.3. The first-order chi connectivity index (χ1) is 10.3. The van der Waals surface area contributed by atoms with Crippen molar-refractivity contribution in [1.82, 2.24) is 5.32 Å². The van der Waals surface area contributed by atoms with E-state index in [2.05, 4.69) is 20.4 Å². The highest BCUT2D eigenvalue weighted by Crippen LogP contribution is 2.23. The van der Waals surface area contributed by atoms with E-state index in [1.807, 2.05) is 19.1 Å². The monoisotopic (exact) mass is 309 g/mol. The Morgan fingerprint density at radius 3 is 2.23 bits per heavy atom. The number of nitrogens with zero attached hydrogens (tertiary/aromatic N) is 4. The molecule has 0 fully saturated rings. The third-order valence-electron chi connectivity index (χ3n) is 3.09. The van der Waals surface area contributed by atoms with Crippen LogP contribution in [-0.2, 0) is 9.68 Å². The van der Waals surface area contributed by atoms with Gasteiger partial charge in [-0.15, -0.1) is 0 Å². The molecule has 0 aliphatic carbocycles. The summed E-state index contributed by atoms with van der Waals surface area (Å²) < 4.78 is 0. The van der Waals surface area contributed by atoms with Gasteiger partial charge in [-0.25, -0.2) is 4.89 Å². The highest BCUT2D eigenvalue weighted by atomic mass is 17.1. The van der Waals surface area contributed by atoms with E-state index in [9.17, 15) is 15.3 Å². The molecule has 0 radical (unpaired) electrons. The molecular formula is C14H23N5O3. The van der Waals surface area contributed by atoms with E-state index < -0.39 is 11.1 Å². The van der Waals surface area contributed by atoms with E-state index in [1.54, 1.807) is 13.8 Å². The van der Waals surface area contributed by atoms with Gasteiger partial charge in [0.1, 0.15) is 0 Å². The maximum absolute atomic E-state index is 11.5. The molecule has 0 spiro atoms. The van der Waals surface area contributed by atoms with Crippen molar-refractivity contribution in [1.29, 1.82) is 10.5 Å². The summed E-state index contributed by atoms with van der Waals surface area (Å²) in [7, 11) is 0. The molecule has 8 nitrogen and oxygen atoms in total. The molecule has 122 valence electrons. The lowest BCUT2D eigenvalue weighted by molar-refractivity contribution is -0.243. The van der Waals surface area contributed by atoms with Crippen LogP contribution in [0.15, 0.2) is 10.2 Å². The summed E-state index contributed by atoms with van der Waals surface area (Å²) in [6.45, 7) is 5.61. The summed E-state index contributed by atoms with van der Waals surface area (Å²) in [5, 5.41) is 37.3. The Morgan fingerprint density at radius 2 is 1.77 bits per heavy atom. The van der Waals surface area contributed by atoms with Crippen molar-refractivity contribution in [2.24, 2.45) is 10.2 Å². The first-order valence-corrected chi connectivity index (χ1v) is 7.14. The van der Waals surface area contributed by atoms with E-state index in [-0.39, 0.29) is 25.4 Å². The predicted molar refractivity (Wildman–Crippen MR) is 78.6 cm³/mol. The second kappa shape index (κ2) is 9.82. The fourth-order valence-electron chi connectivity index (χ4n) is 1.60. The third kappa shape index (κ3) is 7.67. The van der Waals surface area contributed by atoms with Gasteiger partial charge < -0.3 is 5.32 Å². The molecular weight excluding hydrogens is 286 g/mol. The number of rotatable bonds is 10. The average Bonchev–Trinajstić information content (AvgIpc) is 2.52. The smallest absolute Gasteiger partial charge is 0.220 e. The highest BCUT2D eigenvalue weighted by Gasteiger charge is 2.28. The largest absolute Gasteiger partial charge is 0.356 e. The summed E-state index contributed by atoms with van der Waals surface area (Å²) in [6, 6.07) is 4.06. The minimum Gasteiger partial charge on any atom is -0.356 e. The van der Waals surface area contributed by atoms with Crippen LogP contribution in [0.4, 0.5) is 0 Å². The van der Waals surface area contributed by atoms with E-state index in [1.165, 1.54) is 0 Å². The Morgan fingerprint density at radius 1 is 1.23 bits per heavy atom. The molecule has 0 heterocycles. The zero-order chi connectivity index (χ0) is 17.1. The summed E-state index contributed by atoms with van der Waals surface area (Å²) >= 11 is 0. The molecule has 0 aromatic rings. The lowest BCUT2D eigenvalue weighted by Gasteiger charge is -2.19. The number of nitrogens with one attached hydrogen (secondary N) is 1. The summed E-state index contributed by atoms with van der Waals surface area (Å²) in [5.41, 5.74) is -2.25. The van der Waals surface area contributed by atoms with Crippen LogP contribution >= 0.6 is 0 Å². The average molecular weight is 309 g/mol. The third-order valence-corrected chi connectivity index (χ3v) is 3.09. The first kappa shape index (κ1) is 20.0. The number of amides is 1. The number of carbonyl (C=O) groups excluding carboxylic acids is 1. The molecule has 2 atom stereocenters. The van der Waals surface area contributed by atoms with Gasteiger partial charge >= 0.3 is 0 Å². The van der Waals surface area contributed by atoms with E-state index in [0.29, 0.717) is 19.4 Å². The van der Waals surface area contributed by atoms with Gasteiger partial charge in [0.25, 0.3) is 0 Å². The Labute approximate surface area is 130 Å². The van der Waals surface area contributed by atoms with Crippen molar-refractivity contribution in [3.8, 4) is 12.1 Å². The molecule has 2 unspecified atom stereocenters. The van der Waals surface area contributed by atoms with Crippen LogP contribution in [-0.4, -0.2) is 35.4 Å². The van der Waals surface area contributed by atoms with Crippen molar-refractivity contribution in [2.75, 3.05) is 13.2 Å². The molecule has 0 aliphatic heterocycles. The fourth-order valence-corrected chi connectivity index (χ4v) is 1.60. The van der Waals surface area contributed by atoms with Crippen molar-refractivity contribution < 1.29 is 14.9 Å². The van der Waals surface area contributed by atoms with Crippen LogP contribution in [0.5, 0.6) is 0 Å². The lowest BCUT2D eigenvalue weighted by atomic mass is 9.97. The van der Waals surface area contributed by atoms with Crippen LogP contribution in [0.3, 0.4) is 0 Å². The maximum Gasteiger partial charge on any atom is 0.220 e. The number of carbonyl (C=O) groups is 1. The minimum absolute atomic E-state index is 0.0967. The molecule has 0 saturated carbocycles. The maximum atomic E-state index is 11.5. The van der Waals surface area contributed by atoms with Gasteiger partial charge in [-0.2, -0.15) is 20.8 Å². The van der Waals surface area contributed by atoms with E-state index in [0.717, 1.165) is 0 Å². The summed E-state index contributed by atoms with van der Waals surface area (Å²) in [4.78, 5) is 15.4. The Bertz CT molecular complexity index is 468. The van der Waals surface area contributed by atoms with Crippen molar-refractivity contribution in [3.05, 3.63) is 0 Å². The standard InChI is InChI=1S/C14H23N5O3/c1-4-17-12(20)6-8-14(3,11-16)19-18-13(2,10-15)7-5-9-22-21/h21H,4-9H2,1-3H3,(H,17,20). The Balaban J connectivity index is 4.76. The normalized spacial score (nSPS) is 16.3. The molecule has 0 aromatic heterocycles. The van der Waals surface area contributed by atoms with Crippen molar-refractivity contribution in [3.63, 3.8) is 0 Å². The van der Waals surface area contributed by atoms with Gasteiger partial charge in [0.15, 0.2) is 11.1 Å². The van der Waals surface area contributed by atoms with Crippen molar-refractivity contribution in [2.45, 2.75) is 57.5 Å². The number of hydrogen-bond acceptors (Lipinski definition) is 7.